The lowest BCUT2D eigenvalue weighted by atomic mass is 10.1. The fourth-order valence-corrected chi connectivity index (χ4v) is 2.20. The normalized spacial score (nSPS) is 16.4. The number of aromatic nitrogens is 1. The van der Waals surface area contributed by atoms with Crippen molar-refractivity contribution in [3.63, 3.8) is 0 Å². The summed E-state index contributed by atoms with van der Waals surface area (Å²) in [6.45, 7) is 1.78. The molecule has 0 amide bonds. The van der Waals surface area contributed by atoms with Gasteiger partial charge in [-0.05, 0) is 18.5 Å². The lowest BCUT2D eigenvalue weighted by Gasteiger charge is -2.10. The smallest absolute Gasteiger partial charge is 0.355 e. The highest BCUT2D eigenvalue weighted by atomic mass is 32.1. The maximum absolute atomic E-state index is 10.6. The molecule has 0 unspecified atom stereocenters. The molecule has 1 aromatic rings. The first-order valence-electron chi connectivity index (χ1n) is 4.36. The van der Waals surface area contributed by atoms with Gasteiger partial charge in [0.2, 0.25) is 0 Å². The van der Waals surface area contributed by atoms with E-state index in [0.29, 0.717) is 0 Å². The zero-order chi connectivity index (χ0) is 9.97. The summed E-state index contributed by atoms with van der Waals surface area (Å²) in [6, 6.07) is 0. The van der Waals surface area contributed by atoms with Crippen LogP contribution in [0.15, 0.2) is 11.5 Å². The van der Waals surface area contributed by atoms with Gasteiger partial charge in [-0.3, -0.25) is 0 Å². The lowest BCUT2D eigenvalue weighted by Crippen LogP contribution is -2.20. The predicted molar refractivity (Wildman–Crippen MR) is 54.5 cm³/mol. The van der Waals surface area contributed by atoms with E-state index in [1.54, 1.807) is 5.38 Å². The van der Waals surface area contributed by atoms with E-state index in [-0.39, 0.29) is 5.69 Å². The van der Waals surface area contributed by atoms with Gasteiger partial charge in [-0.15, -0.1) is 11.3 Å². The van der Waals surface area contributed by atoms with Crippen molar-refractivity contribution in [1.29, 1.82) is 0 Å². The molecular weight excluding hydrogens is 200 g/mol. The van der Waals surface area contributed by atoms with Gasteiger partial charge < -0.3 is 10.4 Å². The van der Waals surface area contributed by atoms with E-state index < -0.39 is 5.97 Å². The molecule has 0 bridgehead atoms. The first-order valence-corrected chi connectivity index (χ1v) is 5.24. The Morgan fingerprint density at radius 2 is 2.50 bits per heavy atom. The molecule has 2 N–H and O–H groups in total. The van der Waals surface area contributed by atoms with Gasteiger partial charge in [0.15, 0.2) is 5.69 Å². The number of hydrogen-bond donors (Lipinski definition) is 2. The number of nitrogens with zero attached hydrogens (tertiary/aromatic N) is 1. The van der Waals surface area contributed by atoms with Crippen molar-refractivity contribution in [3.05, 3.63) is 22.2 Å². The SMILES string of the molecule is O=C(O)c1csc(C2=CCNCC2)n1. The summed E-state index contributed by atoms with van der Waals surface area (Å²) in [4.78, 5) is 14.7. The topological polar surface area (TPSA) is 62.2 Å². The molecule has 14 heavy (non-hydrogen) atoms. The number of hydrogen-bond acceptors (Lipinski definition) is 4. The highest BCUT2D eigenvalue weighted by molar-refractivity contribution is 7.11. The summed E-state index contributed by atoms with van der Waals surface area (Å²) in [5.74, 6) is -0.956. The third-order valence-electron chi connectivity index (χ3n) is 2.06. The Morgan fingerprint density at radius 1 is 1.64 bits per heavy atom. The van der Waals surface area contributed by atoms with Crippen molar-refractivity contribution in [2.75, 3.05) is 13.1 Å². The Labute approximate surface area is 85.3 Å². The molecule has 0 saturated heterocycles. The molecule has 0 radical (unpaired) electrons. The van der Waals surface area contributed by atoms with Gasteiger partial charge in [0.05, 0.1) is 0 Å². The van der Waals surface area contributed by atoms with Gasteiger partial charge in [0.25, 0.3) is 0 Å². The van der Waals surface area contributed by atoms with Crippen molar-refractivity contribution in [1.82, 2.24) is 10.3 Å². The van der Waals surface area contributed by atoms with Crippen LogP contribution in [0.25, 0.3) is 5.57 Å². The van der Waals surface area contributed by atoms with E-state index in [0.717, 1.165) is 30.1 Å². The van der Waals surface area contributed by atoms with Gasteiger partial charge in [-0.25, -0.2) is 9.78 Å². The van der Waals surface area contributed by atoms with Crippen molar-refractivity contribution in [3.8, 4) is 0 Å². The minimum atomic E-state index is -0.956. The Morgan fingerprint density at radius 3 is 3.07 bits per heavy atom. The number of thiazole rings is 1. The van der Waals surface area contributed by atoms with Crippen molar-refractivity contribution in [2.24, 2.45) is 0 Å². The highest BCUT2D eigenvalue weighted by Gasteiger charge is 2.12. The summed E-state index contributed by atoms with van der Waals surface area (Å²) in [6.07, 6.45) is 2.99. The van der Waals surface area contributed by atoms with Crippen LogP contribution in [0.2, 0.25) is 0 Å². The van der Waals surface area contributed by atoms with E-state index in [9.17, 15) is 4.79 Å². The first kappa shape index (κ1) is 9.36. The van der Waals surface area contributed by atoms with Crippen LogP contribution in [-0.4, -0.2) is 29.1 Å². The molecule has 0 aliphatic carbocycles. The van der Waals surface area contributed by atoms with Crippen molar-refractivity contribution < 1.29 is 9.90 Å². The zero-order valence-corrected chi connectivity index (χ0v) is 8.30. The number of carboxylic acids is 1. The average molecular weight is 210 g/mol. The Balaban J connectivity index is 2.23. The quantitative estimate of drug-likeness (QED) is 0.770. The van der Waals surface area contributed by atoms with Crippen LogP contribution in [0.5, 0.6) is 0 Å². The first-order chi connectivity index (χ1) is 6.77. The van der Waals surface area contributed by atoms with Crippen molar-refractivity contribution in [2.45, 2.75) is 6.42 Å². The molecule has 1 aromatic heterocycles. The summed E-state index contributed by atoms with van der Waals surface area (Å²) >= 11 is 1.40. The second-order valence-electron chi connectivity index (χ2n) is 3.03. The second kappa shape index (κ2) is 3.89. The Kier molecular flexibility index (Phi) is 2.60. The second-order valence-corrected chi connectivity index (χ2v) is 3.88. The van der Waals surface area contributed by atoms with Gasteiger partial charge in [0.1, 0.15) is 5.01 Å². The van der Waals surface area contributed by atoms with Crippen LogP contribution in [0.4, 0.5) is 0 Å². The molecule has 1 aliphatic rings. The van der Waals surface area contributed by atoms with E-state index in [1.165, 1.54) is 11.3 Å². The molecule has 0 saturated carbocycles. The zero-order valence-electron chi connectivity index (χ0n) is 7.49. The fraction of sp³-hybridized carbons (Fsp3) is 0.333. The fourth-order valence-electron chi connectivity index (χ4n) is 1.34. The number of rotatable bonds is 2. The molecule has 0 atom stereocenters. The van der Waals surface area contributed by atoms with Crippen LogP contribution in [0.1, 0.15) is 21.9 Å². The molecule has 74 valence electrons. The van der Waals surface area contributed by atoms with Crippen LogP contribution in [-0.2, 0) is 0 Å². The molecule has 0 aromatic carbocycles. The minimum Gasteiger partial charge on any atom is -0.476 e. The standard InChI is InChI=1S/C9H10N2O2S/c12-9(13)7-5-14-8(11-7)6-1-3-10-4-2-6/h1,5,10H,2-4H2,(H,12,13). The van der Waals surface area contributed by atoms with Crippen LogP contribution >= 0.6 is 11.3 Å². The number of carboxylic acid groups (broad SMARTS) is 1. The lowest BCUT2D eigenvalue weighted by molar-refractivity contribution is 0.0691. The maximum Gasteiger partial charge on any atom is 0.355 e. The molecule has 0 spiro atoms. The third-order valence-corrected chi connectivity index (χ3v) is 2.98. The summed E-state index contributed by atoms with van der Waals surface area (Å²) in [5, 5.41) is 14.3. The van der Waals surface area contributed by atoms with Gasteiger partial charge >= 0.3 is 5.97 Å². The average Bonchev–Trinajstić information content (AvgIpc) is 2.68. The molecule has 2 rings (SSSR count). The molecule has 1 aliphatic heterocycles. The van der Waals surface area contributed by atoms with Crippen LogP contribution in [0, 0.1) is 0 Å². The van der Waals surface area contributed by atoms with E-state index >= 15 is 0 Å². The number of aromatic carboxylic acids is 1. The number of carbonyl (C=O) groups is 1. The molecule has 5 heteroatoms. The summed E-state index contributed by atoms with van der Waals surface area (Å²) in [5.41, 5.74) is 1.30. The largest absolute Gasteiger partial charge is 0.476 e. The molecule has 0 fully saturated rings. The van der Waals surface area contributed by atoms with Gasteiger partial charge in [0, 0.05) is 11.9 Å². The predicted octanol–water partition coefficient (Wildman–Crippen LogP) is 1.22. The van der Waals surface area contributed by atoms with Gasteiger partial charge in [-0.2, -0.15) is 0 Å². The van der Waals surface area contributed by atoms with Crippen LogP contribution < -0.4 is 5.32 Å². The van der Waals surface area contributed by atoms with E-state index in [4.69, 9.17) is 5.11 Å². The third kappa shape index (κ3) is 1.83. The van der Waals surface area contributed by atoms with Gasteiger partial charge in [-0.1, -0.05) is 6.08 Å². The minimum absolute atomic E-state index is 0.143. The monoisotopic (exact) mass is 210 g/mol. The molecule has 4 nitrogen and oxygen atoms in total. The molecular formula is C9H10N2O2S. The number of nitrogens with one attached hydrogen (secondary N) is 1. The van der Waals surface area contributed by atoms with E-state index in [1.807, 2.05) is 0 Å². The van der Waals surface area contributed by atoms with Crippen molar-refractivity contribution >= 4 is 22.9 Å². The summed E-state index contributed by atoms with van der Waals surface area (Å²) in [7, 11) is 0. The highest BCUT2D eigenvalue weighted by Crippen LogP contribution is 2.23. The molecule has 2 heterocycles. The summed E-state index contributed by atoms with van der Waals surface area (Å²) < 4.78 is 0. The Hall–Kier alpha value is -1.20. The Bertz CT molecular complexity index is 384. The maximum atomic E-state index is 10.6. The van der Waals surface area contributed by atoms with E-state index in [2.05, 4.69) is 16.4 Å². The van der Waals surface area contributed by atoms with Crippen LogP contribution in [0.3, 0.4) is 0 Å².